The van der Waals surface area contributed by atoms with Crippen molar-refractivity contribution in [2.75, 3.05) is 26.9 Å². The molecule has 1 aromatic rings. The third-order valence-corrected chi connectivity index (χ3v) is 4.57. The number of rotatable bonds is 10. The molecule has 0 bridgehead atoms. The Morgan fingerprint density at radius 1 is 1.38 bits per heavy atom. The van der Waals surface area contributed by atoms with E-state index in [0.29, 0.717) is 0 Å². The Morgan fingerprint density at radius 2 is 2.03 bits per heavy atom. The summed E-state index contributed by atoms with van der Waals surface area (Å²) in [7, 11) is 1.54. The quantitative estimate of drug-likeness (QED) is 0.123. The number of likely N-dealkylation sites (N-methyl/N-ethyl adjacent to an activating group) is 1. The minimum absolute atomic E-state index is 0.0279. The Balaban J connectivity index is 2.22. The average molecular weight is 514 g/mol. The normalized spacial score (nSPS) is 16.9. The fourth-order valence-corrected chi connectivity index (χ4v) is 3.10. The number of fused-ring (bicyclic) bond motifs is 1. The highest BCUT2D eigenvalue weighted by Gasteiger charge is 2.50. The number of nitroso groups, excluding NO2 is 1. The number of nitrogens with two attached hydrogens (primary N) is 3. The number of nitrogens with one attached hydrogen (secondary N) is 1. The van der Waals surface area contributed by atoms with E-state index in [1.165, 1.54) is 11.0 Å². The van der Waals surface area contributed by atoms with Crippen molar-refractivity contribution in [2.24, 2.45) is 17.2 Å². The number of benzene rings is 1. The zero-order chi connectivity index (χ0) is 25.8. The van der Waals surface area contributed by atoms with E-state index in [9.17, 15) is 22.9 Å². The molecular weight excluding hydrogens is 489 g/mol. The first-order valence-corrected chi connectivity index (χ1v) is 10.0. The van der Waals surface area contributed by atoms with Crippen LogP contribution in [0, 0.1) is 4.91 Å². The monoisotopic (exact) mass is 513 g/mol. The van der Waals surface area contributed by atoms with Gasteiger partial charge in [0.05, 0.1) is 17.1 Å². The second kappa shape index (κ2) is 10.8. The average Bonchev–Trinajstić information content (AvgIpc) is 2.69. The van der Waals surface area contributed by atoms with E-state index in [1.54, 1.807) is 7.05 Å². The van der Waals surface area contributed by atoms with Crippen LogP contribution in [-0.4, -0.2) is 66.3 Å². The van der Waals surface area contributed by atoms with Gasteiger partial charge in [-0.05, 0) is 30.8 Å². The van der Waals surface area contributed by atoms with Crippen molar-refractivity contribution in [3.63, 3.8) is 0 Å². The van der Waals surface area contributed by atoms with Crippen molar-refractivity contribution in [1.82, 2.24) is 10.5 Å². The minimum Gasteiger partial charge on any atom is -0.475 e. The summed E-state index contributed by atoms with van der Waals surface area (Å²) in [5.74, 6) is -3.91. The number of aliphatic hydroxyl groups excluding tert-OH is 1. The van der Waals surface area contributed by atoms with E-state index >= 15 is 0 Å². The number of aliphatic hydroxyl groups is 1. The molecular formula is C18H25ClF3N6O6+. The van der Waals surface area contributed by atoms with Crippen LogP contribution in [0.4, 0.5) is 13.2 Å². The highest BCUT2D eigenvalue weighted by molar-refractivity contribution is 6.31. The van der Waals surface area contributed by atoms with E-state index in [-0.39, 0.29) is 40.8 Å². The van der Waals surface area contributed by atoms with Gasteiger partial charge < -0.3 is 14.6 Å². The Kier molecular flexibility index (Phi) is 8.81. The van der Waals surface area contributed by atoms with Gasteiger partial charge in [-0.3, -0.25) is 17.2 Å². The van der Waals surface area contributed by atoms with Crippen LogP contribution in [0.2, 0.25) is 5.02 Å². The number of carbonyl (C=O) groups excluding carboxylic acids is 1. The van der Waals surface area contributed by atoms with Gasteiger partial charge in [-0.1, -0.05) is 11.6 Å². The Bertz CT molecular complexity index is 955. The molecule has 0 spiro atoms. The summed E-state index contributed by atoms with van der Waals surface area (Å²) in [5, 5.41) is 8.84. The standard InChI is InChI=1S/C18H25ClF3N6O6/c1-9(34-26-28(31)8-27(2)3-4-29)32-16(30)12-6-10-5-11(19)7-13(18(23,24)25)14(10)33-15(12)17(20,21)22/h5-7,9,15,29H,3-4,8,23-25H2,1-2H3,(H,26,31)/q+1. The van der Waals surface area contributed by atoms with E-state index in [1.807, 2.05) is 5.59 Å². The molecule has 12 nitrogen and oxygen atoms in total. The van der Waals surface area contributed by atoms with E-state index in [2.05, 4.69) is 0 Å². The fraction of sp³-hybridized carbons (Fsp3) is 0.500. The van der Waals surface area contributed by atoms with Crippen molar-refractivity contribution >= 4 is 23.6 Å². The highest BCUT2D eigenvalue weighted by atomic mass is 35.5. The number of hydrazine groups is 1. The molecule has 0 saturated carbocycles. The van der Waals surface area contributed by atoms with Crippen LogP contribution in [0.15, 0.2) is 17.7 Å². The number of nitrogens with zero attached hydrogens (tertiary/aromatic N) is 2. The van der Waals surface area contributed by atoms with Crippen molar-refractivity contribution in [2.45, 2.75) is 31.3 Å². The van der Waals surface area contributed by atoms with Gasteiger partial charge in [0.15, 0.2) is 4.87 Å². The fourth-order valence-electron chi connectivity index (χ4n) is 2.87. The summed E-state index contributed by atoms with van der Waals surface area (Å²) in [6.07, 6.45) is -8.39. The number of esters is 1. The molecule has 0 amide bonds. The molecule has 0 fully saturated rings. The maximum atomic E-state index is 13.7. The summed E-state index contributed by atoms with van der Waals surface area (Å²) >= 11 is 5.98. The van der Waals surface area contributed by atoms with Crippen molar-refractivity contribution in [3.05, 3.63) is 38.8 Å². The molecule has 0 radical (unpaired) electrons. The third kappa shape index (κ3) is 7.23. The molecule has 0 saturated heterocycles. The number of alkyl halides is 3. The number of carbonyl (C=O) groups is 1. The molecule has 1 heterocycles. The molecule has 2 rings (SSSR count). The zero-order valence-electron chi connectivity index (χ0n) is 18.1. The smallest absolute Gasteiger partial charge is 0.430 e. The van der Waals surface area contributed by atoms with Crippen LogP contribution in [0.25, 0.3) is 6.08 Å². The summed E-state index contributed by atoms with van der Waals surface area (Å²) in [4.78, 5) is 30.7. The summed E-state index contributed by atoms with van der Waals surface area (Å²) < 4.78 is 51.1. The summed E-state index contributed by atoms with van der Waals surface area (Å²) in [6.45, 7) is 0.943. The number of hydrogen-bond acceptors (Lipinski definition) is 10. The topological polar surface area (TPSA) is 178 Å². The van der Waals surface area contributed by atoms with Crippen LogP contribution in [0.1, 0.15) is 18.1 Å². The first-order chi connectivity index (χ1) is 15.6. The number of ether oxygens (including phenoxy) is 2. The minimum atomic E-state index is -5.04. The lowest BCUT2D eigenvalue weighted by molar-refractivity contribution is -0.679. The van der Waals surface area contributed by atoms with Gasteiger partial charge in [-0.2, -0.15) is 18.0 Å². The second-order valence-electron chi connectivity index (χ2n) is 7.45. The molecule has 1 aliphatic rings. The Hall–Kier alpha value is -2.53. The lowest BCUT2D eigenvalue weighted by Gasteiger charge is -2.32. The largest absolute Gasteiger partial charge is 0.475 e. The molecule has 2 atom stereocenters. The van der Waals surface area contributed by atoms with E-state index in [4.69, 9.17) is 48.2 Å². The predicted molar refractivity (Wildman–Crippen MR) is 112 cm³/mol. The molecule has 1 aromatic carbocycles. The van der Waals surface area contributed by atoms with E-state index < -0.39 is 41.6 Å². The van der Waals surface area contributed by atoms with Crippen molar-refractivity contribution in [1.29, 1.82) is 0 Å². The van der Waals surface area contributed by atoms with Gasteiger partial charge in [-0.15, -0.1) is 0 Å². The lowest BCUT2D eigenvalue weighted by atomic mass is 9.96. The van der Waals surface area contributed by atoms with Gasteiger partial charge in [0.25, 0.3) is 6.67 Å². The van der Waals surface area contributed by atoms with Crippen molar-refractivity contribution in [3.8, 4) is 5.75 Å². The SMILES string of the molecule is CC(ON[N+](=O)CN(C)CCO)OC(=O)C1=Cc2cc(Cl)cc(C(N)(N)N)c2OC1C(F)(F)F. The molecule has 190 valence electrons. The van der Waals surface area contributed by atoms with Crippen LogP contribution < -0.4 is 27.5 Å². The molecule has 8 N–H and O–H groups in total. The Morgan fingerprint density at radius 3 is 2.59 bits per heavy atom. The lowest BCUT2D eigenvalue weighted by Crippen LogP contribution is -2.55. The van der Waals surface area contributed by atoms with Gasteiger partial charge in [-0.25, -0.2) is 9.69 Å². The van der Waals surface area contributed by atoms with Gasteiger partial charge in [0, 0.05) is 29.6 Å². The number of hydrogen-bond donors (Lipinski definition) is 5. The van der Waals surface area contributed by atoms with Crippen LogP contribution in [0.5, 0.6) is 5.75 Å². The Labute approximate surface area is 196 Å². The number of halogens is 4. The maximum Gasteiger partial charge on any atom is 0.430 e. The van der Waals surface area contributed by atoms with Gasteiger partial charge in [0.1, 0.15) is 11.5 Å². The molecule has 34 heavy (non-hydrogen) atoms. The third-order valence-electron chi connectivity index (χ3n) is 4.36. The van der Waals surface area contributed by atoms with Crippen molar-refractivity contribution < 1.29 is 42.3 Å². The van der Waals surface area contributed by atoms with Crippen LogP contribution in [0.3, 0.4) is 0 Å². The highest BCUT2D eigenvalue weighted by Crippen LogP contribution is 2.42. The first-order valence-electron chi connectivity index (χ1n) is 9.65. The van der Waals surface area contributed by atoms with Gasteiger partial charge in [0.2, 0.25) is 12.4 Å². The zero-order valence-corrected chi connectivity index (χ0v) is 18.9. The van der Waals surface area contributed by atoms with Gasteiger partial charge >= 0.3 is 12.1 Å². The molecule has 0 aromatic heterocycles. The second-order valence-corrected chi connectivity index (χ2v) is 7.89. The summed E-state index contributed by atoms with van der Waals surface area (Å²) in [5.41, 5.74) is 17.6. The van der Waals surface area contributed by atoms with Crippen LogP contribution in [-0.2, 0) is 20.2 Å². The predicted octanol–water partition coefficient (Wildman–Crippen LogP) is 0.0190. The molecule has 2 unspecified atom stereocenters. The molecule has 1 aliphatic heterocycles. The first kappa shape index (κ1) is 27.7. The molecule has 0 aliphatic carbocycles. The van der Waals surface area contributed by atoms with Crippen LogP contribution >= 0.6 is 11.6 Å². The van der Waals surface area contributed by atoms with E-state index in [0.717, 1.165) is 19.1 Å². The summed E-state index contributed by atoms with van der Waals surface area (Å²) in [6, 6.07) is 2.38. The molecule has 16 heteroatoms. The maximum absolute atomic E-state index is 13.7.